The molecule has 1 rings (SSSR count). The van der Waals surface area contributed by atoms with Crippen LogP contribution < -0.4 is 0 Å². The second-order valence-corrected chi connectivity index (χ2v) is 2.10. The molecular weight excluding hydrogens is 163 g/mol. The molecule has 0 aliphatic carbocycles. The van der Waals surface area contributed by atoms with Crippen molar-refractivity contribution in [2.75, 3.05) is 20.3 Å². The topological polar surface area (TPSA) is 6.48 Å². The van der Waals surface area contributed by atoms with Gasteiger partial charge in [-0.15, -0.1) is 12.4 Å². The van der Waals surface area contributed by atoms with Crippen molar-refractivity contribution in [3.8, 4) is 0 Å². The van der Waals surface area contributed by atoms with Gasteiger partial charge in [-0.05, 0) is 6.92 Å². The summed E-state index contributed by atoms with van der Waals surface area (Å²) in [6, 6.07) is 0. The minimum absolute atomic E-state index is 0. The van der Waals surface area contributed by atoms with E-state index in [1.54, 1.807) is 0 Å². The molecule has 0 atom stereocenters. The van der Waals surface area contributed by atoms with Crippen LogP contribution in [0.4, 0.5) is 0 Å². The predicted molar refractivity (Wildman–Crippen MR) is 51.3 cm³/mol. The highest BCUT2D eigenvalue weighted by atomic mass is 35.5. The number of nitrogens with zero attached hydrogens (tertiary/aromatic N) is 2. The molecule has 0 spiro atoms. The molecule has 1 aliphatic rings. The fraction of sp³-hybridized carbons (Fsp3) is 0.667. The van der Waals surface area contributed by atoms with Crippen molar-refractivity contribution >= 4 is 29.8 Å². The van der Waals surface area contributed by atoms with Crippen LogP contribution in [0.3, 0.4) is 0 Å². The van der Waals surface area contributed by atoms with Gasteiger partial charge in [0.15, 0.2) is 17.4 Å². The molecule has 60 valence electrons. The minimum Gasteiger partial charge on any atom is -0.362 e. The third-order valence-corrected chi connectivity index (χ3v) is 1.34. The zero-order valence-electron chi connectivity index (χ0n) is 5.87. The Hall–Kier alpha value is 0.162. The van der Waals surface area contributed by atoms with Gasteiger partial charge in [0, 0.05) is 26.0 Å². The summed E-state index contributed by atoms with van der Waals surface area (Å²) < 4.78 is 0. The van der Waals surface area contributed by atoms with E-state index in [1.807, 2.05) is 0 Å². The summed E-state index contributed by atoms with van der Waals surface area (Å²) in [5, 5.41) is 0. The van der Waals surface area contributed by atoms with Gasteiger partial charge in [0.2, 0.25) is 0 Å². The molecule has 10 heavy (non-hydrogen) atoms. The summed E-state index contributed by atoms with van der Waals surface area (Å²) in [4.78, 5) is 4.41. The molecule has 1 heterocycles. The van der Waals surface area contributed by atoms with E-state index in [0.717, 1.165) is 13.2 Å². The first-order chi connectivity index (χ1) is 3.83. The summed E-state index contributed by atoms with van der Waals surface area (Å²) >= 11 is 0. The van der Waals surface area contributed by atoms with Gasteiger partial charge >= 0.3 is 0 Å². The van der Waals surface area contributed by atoms with Crippen LogP contribution in [0.5, 0.6) is 0 Å². The maximum absolute atomic E-state index is 2.25. The smallest absolute Gasteiger partial charge is 0.187 e. The van der Waals surface area contributed by atoms with Gasteiger partial charge in [-0.25, -0.2) is 0 Å². The van der Waals surface area contributed by atoms with Gasteiger partial charge < -0.3 is 9.80 Å². The van der Waals surface area contributed by atoms with E-state index in [9.17, 15) is 0 Å². The first-order valence-electron chi connectivity index (χ1n) is 2.95. The number of halogens is 1. The molecule has 2 nitrogen and oxygen atoms in total. The summed E-state index contributed by atoms with van der Waals surface area (Å²) in [6.45, 7) is 4.32. The van der Waals surface area contributed by atoms with Gasteiger partial charge in [-0.1, -0.05) is 0 Å². The Balaban J connectivity index is 0. The van der Waals surface area contributed by atoms with Gasteiger partial charge in [0.05, 0.1) is 6.67 Å². The van der Waals surface area contributed by atoms with E-state index in [1.165, 1.54) is 0 Å². The van der Waals surface area contributed by atoms with Crippen molar-refractivity contribution in [1.29, 1.82) is 0 Å². The van der Waals surface area contributed by atoms with Crippen molar-refractivity contribution in [3.63, 3.8) is 0 Å². The molecule has 0 saturated heterocycles. The maximum atomic E-state index is 2.25. The second-order valence-electron chi connectivity index (χ2n) is 2.10. The van der Waals surface area contributed by atoms with Crippen molar-refractivity contribution in [1.82, 2.24) is 9.80 Å². The van der Waals surface area contributed by atoms with E-state index in [2.05, 4.69) is 36.2 Å². The van der Waals surface area contributed by atoms with Crippen molar-refractivity contribution in [3.05, 3.63) is 12.4 Å². The van der Waals surface area contributed by atoms with Gasteiger partial charge in [-0.3, -0.25) is 0 Å². The second kappa shape index (κ2) is 5.91. The summed E-state index contributed by atoms with van der Waals surface area (Å²) in [7, 11) is 2.08. The van der Waals surface area contributed by atoms with Crippen molar-refractivity contribution in [2.24, 2.45) is 0 Å². The quantitative estimate of drug-likeness (QED) is 0.519. The molecule has 0 bridgehead atoms. The lowest BCUT2D eigenvalue weighted by Gasteiger charge is -2.14. The van der Waals surface area contributed by atoms with Gasteiger partial charge in [0.25, 0.3) is 0 Å². The predicted octanol–water partition coefficient (Wildman–Crippen LogP) is -0.0797. The van der Waals surface area contributed by atoms with Crippen LogP contribution >= 0.6 is 12.4 Å². The van der Waals surface area contributed by atoms with E-state index < -0.39 is 0 Å². The zero-order chi connectivity index (χ0) is 5.98. The van der Waals surface area contributed by atoms with Crippen LogP contribution in [0.25, 0.3) is 0 Å². The van der Waals surface area contributed by atoms with Crippen LogP contribution in [-0.4, -0.2) is 47.4 Å². The van der Waals surface area contributed by atoms with Gasteiger partial charge in [-0.2, -0.15) is 0 Å². The normalized spacial score (nSPS) is 14.6. The largest absolute Gasteiger partial charge is 0.362 e. The Bertz CT molecular complexity index is 108. The fourth-order valence-corrected chi connectivity index (χ4v) is 0.794. The highest BCUT2D eigenvalue weighted by Crippen LogP contribution is 2.00. The molecule has 0 saturated carbocycles. The molecule has 0 radical (unpaired) electrons. The Kier molecular flexibility index (Phi) is 7.57. The standard InChI is InChI=1S/C6H12N2.Al.ClH.3H/c1-3-8-5-4-7(2)6-8;;;;;/h4-5H,3,6H2,1-2H3;;1H;;;. The average molecular weight is 179 g/mol. The highest BCUT2D eigenvalue weighted by molar-refractivity contribution is 5.85. The minimum atomic E-state index is 0. The lowest BCUT2D eigenvalue weighted by Crippen LogP contribution is -2.21. The third kappa shape index (κ3) is 3.36. The number of hydrogen-bond donors (Lipinski definition) is 0. The third-order valence-electron chi connectivity index (χ3n) is 1.34. The number of rotatable bonds is 1. The SMILES string of the molecule is CCN1C=CN(C)C1.Cl.[AlH3]. The molecule has 0 aromatic rings. The summed E-state index contributed by atoms with van der Waals surface area (Å²) in [5.41, 5.74) is 0. The zero-order valence-corrected chi connectivity index (χ0v) is 6.69. The number of hydrogen-bond acceptors (Lipinski definition) is 2. The fourth-order valence-electron chi connectivity index (χ4n) is 0.794. The summed E-state index contributed by atoms with van der Waals surface area (Å²) in [6.07, 6.45) is 4.20. The Morgan fingerprint density at radius 1 is 1.40 bits per heavy atom. The first kappa shape index (κ1) is 12.8. The van der Waals surface area contributed by atoms with Gasteiger partial charge in [0.1, 0.15) is 0 Å². The van der Waals surface area contributed by atoms with Crippen LogP contribution in [0, 0.1) is 0 Å². The molecule has 4 heteroatoms. The van der Waals surface area contributed by atoms with Crippen molar-refractivity contribution in [2.45, 2.75) is 6.92 Å². The van der Waals surface area contributed by atoms with E-state index in [0.29, 0.717) is 0 Å². The van der Waals surface area contributed by atoms with Crippen LogP contribution in [0.15, 0.2) is 12.4 Å². The molecule has 0 amide bonds. The van der Waals surface area contributed by atoms with Crippen molar-refractivity contribution < 1.29 is 0 Å². The van der Waals surface area contributed by atoms with Crippen LogP contribution in [0.2, 0.25) is 0 Å². The summed E-state index contributed by atoms with van der Waals surface area (Å²) in [5.74, 6) is 0. The Labute approximate surface area is 79.4 Å². The van der Waals surface area contributed by atoms with Crippen LogP contribution in [0.1, 0.15) is 6.92 Å². The molecule has 0 aromatic heterocycles. The lowest BCUT2D eigenvalue weighted by atomic mass is 10.6. The molecular formula is C6H16AlClN2. The van der Waals surface area contributed by atoms with E-state index in [4.69, 9.17) is 0 Å². The average Bonchev–Trinajstić information content (AvgIpc) is 2.14. The molecule has 0 aromatic carbocycles. The van der Waals surface area contributed by atoms with E-state index in [-0.39, 0.29) is 29.8 Å². The molecule has 0 N–H and O–H groups in total. The Morgan fingerprint density at radius 3 is 2.20 bits per heavy atom. The Morgan fingerprint density at radius 2 is 2.00 bits per heavy atom. The highest BCUT2D eigenvalue weighted by Gasteiger charge is 2.03. The first-order valence-corrected chi connectivity index (χ1v) is 2.95. The lowest BCUT2D eigenvalue weighted by molar-refractivity contribution is 0.308. The maximum Gasteiger partial charge on any atom is 0.187 e. The molecule has 0 fully saturated rings. The molecule has 0 unspecified atom stereocenters. The molecule has 1 aliphatic heterocycles. The van der Waals surface area contributed by atoms with Crippen LogP contribution in [-0.2, 0) is 0 Å². The van der Waals surface area contributed by atoms with E-state index >= 15 is 0 Å². The monoisotopic (exact) mass is 178 g/mol.